The van der Waals surface area contributed by atoms with E-state index >= 15 is 0 Å². The number of rotatable bonds is 15. The summed E-state index contributed by atoms with van der Waals surface area (Å²) in [7, 11) is 5.25. The third kappa shape index (κ3) is 13.6. The molecule has 18 atom stereocenters. The van der Waals surface area contributed by atoms with E-state index in [9.17, 15) is 30.0 Å². The van der Waals surface area contributed by atoms with Crippen LogP contribution in [0.2, 0.25) is 0 Å². The Morgan fingerprint density at radius 1 is 0.909 bits per heavy atom. The van der Waals surface area contributed by atoms with E-state index in [-0.39, 0.29) is 44.4 Å². The molecule has 0 aromatic heterocycles. The van der Waals surface area contributed by atoms with Crippen LogP contribution in [0.3, 0.4) is 0 Å². The molecule has 0 saturated carbocycles. The van der Waals surface area contributed by atoms with Crippen molar-refractivity contribution in [3.8, 4) is 5.75 Å². The molecule has 4 N–H and O–H groups in total. The van der Waals surface area contributed by atoms with Gasteiger partial charge in [0.25, 0.3) is 0 Å². The highest BCUT2D eigenvalue weighted by atomic mass is 16.7. The van der Waals surface area contributed by atoms with Crippen molar-refractivity contribution in [3.63, 3.8) is 0 Å². The molecule has 66 heavy (non-hydrogen) atoms. The molecule has 0 amide bonds. The summed E-state index contributed by atoms with van der Waals surface area (Å²) >= 11 is 0. The summed E-state index contributed by atoms with van der Waals surface area (Å²) in [6, 6.07) is 9.05. The number of ether oxygens (including phenoxy) is 8. The molecular weight excluding hydrogens is 857 g/mol. The fourth-order valence-electron chi connectivity index (χ4n) is 9.98. The smallest absolute Gasteiger partial charge is 0.311 e. The third-order valence-electron chi connectivity index (χ3n) is 13.9. The number of nitrogens with zero attached hydrogens (tertiary/aromatic N) is 2. The summed E-state index contributed by atoms with van der Waals surface area (Å²) in [5, 5.41) is 53.4. The first kappa shape index (κ1) is 55.6. The number of aliphatic hydroxyl groups is 4. The van der Waals surface area contributed by atoms with Crippen LogP contribution in [0, 0.1) is 23.7 Å². The molecule has 4 rings (SSSR count). The van der Waals surface area contributed by atoms with E-state index in [0.29, 0.717) is 25.2 Å². The van der Waals surface area contributed by atoms with Crippen LogP contribution in [-0.2, 0) is 47.6 Å². The van der Waals surface area contributed by atoms with Crippen LogP contribution in [0.1, 0.15) is 115 Å². The molecule has 3 fully saturated rings. The van der Waals surface area contributed by atoms with E-state index in [0.717, 1.165) is 5.75 Å². The molecule has 378 valence electrons. The second-order valence-corrected chi connectivity index (χ2v) is 19.8. The highest BCUT2D eigenvalue weighted by Crippen LogP contribution is 2.41. The van der Waals surface area contributed by atoms with Crippen LogP contribution in [0.25, 0.3) is 0 Å². The molecule has 0 spiro atoms. The SMILES string of the molecule is CCC(=O)O[C@H]1[C@H](C)OC(O[C@H]2[C@H](C)[C@@H](O[C@@H]3O[C@H](C)C[C@H](N(C)C)[C@H]3O)C(C)(O)C[C@@H](C)/C(=N\OCCCOc3ccccc3)[C@H](C)[C@@H](O)[C@](C)(O)[C@@H](CC)OC(=O)[C@@H]2C)C[C@@]1(C)OC. The minimum atomic E-state index is -1.98. The van der Waals surface area contributed by atoms with Gasteiger partial charge in [0.05, 0.1) is 54.4 Å². The molecule has 0 aliphatic carbocycles. The summed E-state index contributed by atoms with van der Waals surface area (Å²) in [6.07, 6.45) is -8.81. The Labute approximate surface area is 392 Å². The molecule has 1 aromatic carbocycles. The van der Waals surface area contributed by atoms with Crippen LogP contribution in [-0.4, -0.2) is 162 Å². The highest BCUT2D eigenvalue weighted by Gasteiger charge is 2.54. The Morgan fingerprint density at radius 2 is 1.58 bits per heavy atom. The predicted octanol–water partition coefficient (Wildman–Crippen LogP) is 5.02. The molecule has 2 unspecified atom stereocenters. The molecule has 3 aliphatic rings. The minimum absolute atomic E-state index is 0.0259. The number of oxime groups is 1. The normalized spacial score (nSPS) is 41.5. The van der Waals surface area contributed by atoms with Gasteiger partial charge in [-0.05, 0) is 87.0 Å². The monoisotopic (exact) mass is 939 g/mol. The van der Waals surface area contributed by atoms with Gasteiger partial charge in [0.2, 0.25) is 0 Å². The maximum Gasteiger partial charge on any atom is 0.311 e. The lowest BCUT2D eigenvalue weighted by atomic mass is 9.73. The van der Waals surface area contributed by atoms with E-state index in [1.165, 1.54) is 14.0 Å². The van der Waals surface area contributed by atoms with E-state index < -0.39 is 108 Å². The number of hydrogen-bond donors (Lipinski definition) is 4. The number of hydrogen-bond acceptors (Lipinski definition) is 17. The minimum Gasteiger partial charge on any atom is -0.493 e. The lowest BCUT2D eigenvalue weighted by Crippen LogP contribution is -2.61. The van der Waals surface area contributed by atoms with Crippen molar-refractivity contribution in [2.24, 2.45) is 28.8 Å². The van der Waals surface area contributed by atoms with Gasteiger partial charge in [0.15, 0.2) is 18.7 Å². The summed E-state index contributed by atoms with van der Waals surface area (Å²) in [5.74, 6) is -3.87. The predicted molar refractivity (Wildman–Crippen MR) is 245 cm³/mol. The van der Waals surface area contributed by atoms with Gasteiger partial charge in [0, 0.05) is 50.2 Å². The Kier molecular flexibility index (Phi) is 20.3. The summed E-state index contributed by atoms with van der Waals surface area (Å²) < 4.78 is 50.1. The first-order valence-electron chi connectivity index (χ1n) is 23.8. The van der Waals surface area contributed by atoms with Crippen molar-refractivity contribution < 1.29 is 72.7 Å². The van der Waals surface area contributed by atoms with Crippen LogP contribution in [0.4, 0.5) is 0 Å². The molecule has 17 nitrogen and oxygen atoms in total. The Balaban J connectivity index is 1.81. The van der Waals surface area contributed by atoms with Crippen molar-refractivity contribution in [2.45, 2.75) is 199 Å². The Bertz CT molecular complexity index is 1700. The van der Waals surface area contributed by atoms with Crippen LogP contribution in [0.15, 0.2) is 35.5 Å². The second-order valence-electron chi connectivity index (χ2n) is 19.8. The molecule has 3 saturated heterocycles. The van der Waals surface area contributed by atoms with Gasteiger partial charge >= 0.3 is 11.9 Å². The zero-order valence-electron chi connectivity index (χ0n) is 41.9. The van der Waals surface area contributed by atoms with Gasteiger partial charge in [-0.1, -0.05) is 58.0 Å². The van der Waals surface area contributed by atoms with Gasteiger partial charge < -0.3 is 68.1 Å². The van der Waals surface area contributed by atoms with Gasteiger partial charge in [-0.15, -0.1) is 0 Å². The van der Waals surface area contributed by atoms with E-state index in [1.807, 2.05) is 63.2 Å². The zero-order chi connectivity index (χ0) is 49.3. The van der Waals surface area contributed by atoms with Gasteiger partial charge in [-0.25, -0.2) is 0 Å². The van der Waals surface area contributed by atoms with Crippen molar-refractivity contribution in [1.29, 1.82) is 0 Å². The third-order valence-corrected chi connectivity index (χ3v) is 13.9. The Hall–Kier alpha value is -2.97. The average Bonchev–Trinajstić information content (AvgIpc) is 3.26. The molecular formula is C49H82N2O15. The topological polar surface area (TPSA) is 214 Å². The van der Waals surface area contributed by atoms with Crippen LogP contribution < -0.4 is 4.74 Å². The first-order chi connectivity index (χ1) is 30.9. The number of esters is 2. The zero-order valence-corrected chi connectivity index (χ0v) is 41.9. The number of likely N-dealkylation sites (N-methyl/N-ethyl adjacent to an activating group) is 1. The van der Waals surface area contributed by atoms with Crippen LogP contribution >= 0.6 is 0 Å². The number of cyclic esters (lactones) is 1. The van der Waals surface area contributed by atoms with Crippen molar-refractivity contribution >= 4 is 17.7 Å². The Morgan fingerprint density at radius 3 is 2.18 bits per heavy atom. The second kappa shape index (κ2) is 24.0. The number of para-hydroxylation sites is 1. The van der Waals surface area contributed by atoms with Crippen molar-refractivity contribution in [1.82, 2.24) is 4.90 Å². The first-order valence-corrected chi connectivity index (χ1v) is 23.8. The molecule has 0 bridgehead atoms. The standard InChI is InChI=1S/C49H82N2O15/c1-15-36-49(11,57)42(54)30(5)39(50-60-24-20-23-59-34-21-18-17-19-22-34)28(3)26-47(9,56)43(66-46-40(53)35(51(12)13)25-29(4)61-46)31(6)41(32(7)45(55)63-36)65-38-27-48(10,58-14)44(33(8)62-38)64-37(52)16-2/h17-19,21-22,28-33,35-36,38,40-44,46,53-54,56-57H,15-16,20,23-27H2,1-14H3/b50-39+/t28-,29-,30+,31+,32-,33+,35+,36-,38?,40-,41+,42-,43-,44+,46+,47?,48-,49-/m1/s1. The molecule has 3 heterocycles. The van der Waals surface area contributed by atoms with E-state index in [1.54, 1.807) is 55.4 Å². The molecule has 3 aliphatic heterocycles. The summed E-state index contributed by atoms with van der Waals surface area (Å²) in [5.41, 5.74) is -4.48. The summed E-state index contributed by atoms with van der Waals surface area (Å²) in [4.78, 5) is 34.8. The van der Waals surface area contributed by atoms with Crippen LogP contribution in [0.5, 0.6) is 5.75 Å². The largest absolute Gasteiger partial charge is 0.493 e. The fourth-order valence-corrected chi connectivity index (χ4v) is 9.98. The number of carbonyl (C=O) groups is 2. The number of benzene rings is 1. The molecule has 1 aromatic rings. The fraction of sp³-hybridized carbons (Fsp3) is 0.816. The maximum atomic E-state index is 14.5. The molecule has 17 heteroatoms. The van der Waals surface area contributed by atoms with Gasteiger partial charge in [-0.3, -0.25) is 9.59 Å². The molecule has 0 radical (unpaired) electrons. The quantitative estimate of drug-likeness (QED) is 0.103. The van der Waals surface area contributed by atoms with Gasteiger partial charge in [0.1, 0.15) is 35.8 Å². The number of methoxy groups -OCH3 is 1. The van der Waals surface area contributed by atoms with E-state index in [2.05, 4.69) is 5.16 Å². The van der Waals surface area contributed by atoms with Crippen molar-refractivity contribution in [3.05, 3.63) is 30.3 Å². The maximum absolute atomic E-state index is 14.5. The summed E-state index contributed by atoms with van der Waals surface area (Å²) in [6.45, 7) is 19.4. The number of aliphatic hydroxyl groups excluding tert-OH is 2. The van der Waals surface area contributed by atoms with E-state index in [4.69, 9.17) is 42.7 Å². The average molecular weight is 939 g/mol. The number of carbonyl (C=O) groups excluding carboxylic acids is 2. The lowest BCUT2D eigenvalue weighted by Gasteiger charge is -2.49. The highest BCUT2D eigenvalue weighted by molar-refractivity contribution is 5.88. The van der Waals surface area contributed by atoms with Gasteiger partial charge in [-0.2, -0.15) is 0 Å². The lowest BCUT2D eigenvalue weighted by molar-refractivity contribution is -0.318. The van der Waals surface area contributed by atoms with Crippen molar-refractivity contribution in [2.75, 3.05) is 34.4 Å².